The van der Waals surface area contributed by atoms with Crippen molar-refractivity contribution in [1.29, 1.82) is 0 Å². The van der Waals surface area contributed by atoms with Crippen LogP contribution in [0.25, 0.3) is 0 Å². The lowest BCUT2D eigenvalue weighted by atomic mass is 10.1. The van der Waals surface area contributed by atoms with Crippen molar-refractivity contribution in [1.82, 2.24) is 10.6 Å². The van der Waals surface area contributed by atoms with Crippen molar-refractivity contribution >= 4 is 11.8 Å². The number of para-hydroxylation sites is 1. The van der Waals surface area contributed by atoms with Crippen molar-refractivity contribution in [3.63, 3.8) is 0 Å². The highest BCUT2D eigenvalue weighted by atomic mass is 16.5. The number of rotatable bonds is 6. The zero-order valence-corrected chi connectivity index (χ0v) is 14.0. The molecule has 0 aliphatic rings. The Kier molecular flexibility index (Phi) is 6.37. The Labute approximate surface area is 142 Å². The Morgan fingerprint density at radius 3 is 2.33 bits per heavy atom. The molecule has 0 aliphatic heterocycles. The maximum atomic E-state index is 11.8. The number of hydrogen-bond donors (Lipinski definition) is 2. The van der Waals surface area contributed by atoms with Crippen LogP contribution in [0.3, 0.4) is 0 Å². The summed E-state index contributed by atoms with van der Waals surface area (Å²) in [5.74, 6) is -0.483. The van der Waals surface area contributed by atoms with Gasteiger partial charge in [-0.15, -0.1) is 0 Å². The van der Waals surface area contributed by atoms with E-state index in [1.54, 1.807) is 7.11 Å². The summed E-state index contributed by atoms with van der Waals surface area (Å²) >= 11 is 0. The molecule has 5 heteroatoms. The van der Waals surface area contributed by atoms with Crippen molar-refractivity contribution in [3.8, 4) is 5.75 Å². The number of nitrogens with one attached hydrogen (secondary N) is 2. The number of carbonyl (C=O) groups is 2. The molecule has 0 bridgehead atoms. The Morgan fingerprint density at radius 2 is 1.62 bits per heavy atom. The molecule has 126 valence electrons. The molecule has 2 amide bonds. The van der Waals surface area contributed by atoms with Crippen LogP contribution in [0.1, 0.15) is 16.7 Å². The van der Waals surface area contributed by atoms with E-state index in [4.69, 9.17) is 4.74 Å². The van der Waals surface area contributed by atoms with Gasteiger partial charge in [0.1, 0.15) is 5.75 Å². The molecular weight excluding hydrogens is 304 g/mol. The summed E-state index contributed by atoms with van der Waals surface area (Å²) in [7, 11) is 1.61. The summed E-state index contributed by atoms with van der Waals surface area (Å²) in [6.07, 6.45) is 0.598. The van der Waals surface area contributed by atoms with Gasteiger partial charge in [0.2, 0.25) is 0 Å². The highest BCUT2D eigenvalue weighted by Gasteiger charge is 2.12. The van der Waals surface area contributed by atoms with E-state index in [2.05, 4.69) is 10.6 Å². The second-order valence-electron chi connectivity index (χ2n) is 5.49. The van der Waals surface area contributed by atoms with E-state index in [0.29, 0.717) is 19.5 Å². The first kappa shape index (κ1) is 17.5. The van der Waals surface area contributed by atoms with Crippen molar-refractivity contribution in [2.75, 3.05) is 13.7 Å². The summed E-state index contributed by atoms with van der Waals surface area (Å²) in [5.41, 5.74) is 3.09. The monoisotopic (exact) mass is 326 g/mol. The first-order valence-electron chi connectivity index (χ1n) is 7.83. The van der Waals surface area contributed by atoms with E-state index in [1.807, 2.05) is 55.5 Å². The molecule has 2 N–H and O–H groups in total. The van der Waals surface area contributed by atoms with Gasteiger partial charge in [0.15, 0.2) is 0 Å². The van der Waals surface area contributed by atoms with Crippen LogP contribution in [0.5, 0.6) is 5.75 Å². The molecule has 0 atom stereocenters. The Balaban J connectivity index is 1.75. The third kappa shape index (κ3) is 5.12. The first-order chi connectivity index (χ1) is 11.6. The van der Waals surface area contributed by atoms with Crippen LogP contribution >= 0.6 is 0 Å². The summed E-state index contributed by atoms with van der Waals surface area (Å²) in [6, 6.07) is 15.4. The SMILES string of the molecule is COc1ccccc1CCNC(=O)C(=O)NCc1ccc(C)cc1. The fraction of sp³-hybridized carbons (Fsp3) is 0.263. The minimum absolute atomic E-state index is 0.332. The quantitative estimate of drug-likeness (QED) is 0.798. The van der Waals surface area contributed by atoms with E-state index in [-0.39, 0.29) is 0 Å². The molecule has 0 saturated carbocycles. The molecule has 2 aromatic carbocycles. The fourth-order valence-corrected chi connectivity index (χ4v) is 2.27. The predicted octanol–water partition coefficient (Wildman–Crippen LogP) is 1.98. The molecule has 0 fully saturated rings. The van der Waals surface area contributed by atoms with Crippen molar-refractivity contribution in [2.24, 2.45) is 0 Å². The summed E-state index contributed by atoms with van der Waals surface area (Å²) in [6.45, 7) is 2.70. The standard InChI is InChI=1S/C19H22N2O3/c1-14-7-9-15(10-8-14)13-21-19(23)18(22)20-12-11-16-5-3-4-6-17(16)24-2/h3-10H,11-13H2,1-2H3,(H,20,22)(H,21,23). The van der Waals surface area contributed by atoms with Gasteiger partial charge in [-0.1, -0.05) is 48.0 Å². The van der Waals surface area contributed by atoms with Gasteiger partial charge < -0.3 is 15.4 Å². The number of benzene rings is 2. The van der Waals surface area contributed by atoms with Gasteiger partial charge in [0.05, 0.1) is 7.11 Å². The zero-order valence-electron chi connectivity index (χ0n) is 14.0. The minimum atomic E-state index is -0.629. The number of ether oxygens (including phenoxy) is 1. The molecular formula is C19H22N2O3. The third-order valence-corrected chi connectivity index (χ3v) is 3.65. The largest absolute Gasteiger partial charge is 0.496 e. The number of aryl methyl sites for hydroxylation is 1. The van der Waals surface area contributed by atoms with Crippen LogP contribution in [-0.4, -0.2) is 25.5 Å². The van der Waals surface area contributed by atoms with E-state index in [1.165, 1.54) is 0 Å². The second-order valence-corrected chi connectivity index (χ2v) is 5.49. The molecule has 2 aromatic rings. The van der Waals surface area contributed by atoms with Crippen LogP contribution in [0.4, 0.5) is 0 Å². The Morgan fingerprint density at radius 1 is 0.958 bits per heavy atom. The third-order valence-electron chi connectivity index (χ3n) is 3.65. The summed E-state index contributed by atoms with van der Waals surface area (Å²) < 4.78 is 5.25. The minimum Gasteiger partial charge on any atom is -0.496 e. The molecule has 0 heterocycles. The van der Waals surface area contributed by atoms with Crippen molar-refractivity contribution < 1.29 is 14.3 Å². The number of carbonyl (C=O) groups excluding carboxylic acids is 2. The normalized spacial score (nSPS) is 10.1. The number of amides is 2. The average Bonchev–Trinajstić information content (AvgIpc) is 2.61. The lowest BCUT2D eigenvalue weighted by molar-refractivity contribution is -0.139. The van der Waals surface area contributed by atoms with Crippen LogP contribution in [0.15, 0.2) is 48.5 Å². The molecule has 0 spiro atoms. The molecule has 0 radical (unpaired) electrons. The first-order valence-corrected chi connectivity index (χ1v) is 7.83. The van der Waals surface area contributed by atoms with Crippen molar-refractivity contribution in [2.45, 2.75) is 19.9 Å². The van der Waals surface area contributed by atoms with Gasteiger partial charge in [-0.3, -0.25) is 9.59 Å². The molecule has 24 heavy (non-hydrogen) atoms. The van der Waals surface area contributed by atoms with Crippen LogP contribution in [0.2, 0.25) is 0 Å². The molecule has 0 aromatic heterocycles. The van der Waals surface area contributed by atoms with Gasteiger partial charge in [0, 0.05) is 13.1 Å². The Bertz CT molecular complexity index is 696. The highest BCUT2D eigenvalue weighted by molar-refractivity contribution is 6.35. The maximum absolute atomic E-state index is 11.8. The molecule has 2 rings (SSSR count). The lowest BCUT2D eigenvalue weighted by Crippen LogP contribution is -2.40. The molecule has 0 saturated heterocycles. The van der Waals surface area contributed by atoms with E-state index in [9.17, 15) is 9.59 Å². The van der Waals surface area contributed by atoms with Gasteiger partial charge in [-0.25, -0.2) is 0 Å². The van der Waals surface area contributed by atoms with Crippen LogP contribution < -0.4 is 15.4 Å². The average molecular weight is 326 g/mol. The lowest BCUT2D eigenvalue weighted by Gasteiger charge is -2.09. The van der Waals surface area contributed by atoms with E-state index in [0.717, 1.165) is 22.4 Å². The molecule has 5 nitrogen and oxygen atoms in total. The summed E-state index contributed by atoms with van der Waals surface area (Å²) in [4.78, 5) is 23.6. The number of methoxy groups -OCH3 is 1. The molecule has 0 aliphatic carbocycles. The number of hydrogen-bond acceptors (Lipinski definition) is 3. The van der Waals surface area contributed by atoms with Gasteiger partial charge in [-0.05, 0) is 30.5 Å². The zero-order chi connectivity index (χ0) is 17.4. The van der Waals surface area contributed by atoms with Crippen LogP contribution in [-0.2, 0) is 22.6 Å². The fourth-order valence-electron chi connectivity index (χ4n) is 2.27. The maximum Gasteiger partial charge on any atom is 0.309 e. The van der Waals surface area contributed by atoms with E-state index < -0.39 is 11.8 Å². The van der Waals surface area contributed by atoms with Gasteiger partial charge in [-0.2, -0.15) is 0 Å². The predicted molar refractivity (Wildman–Crippen MR) is 92.7 cm³/mol. The smallest absolute Gasteiger partial charge is 0.309 e. The topological polar surface area (TPSA) is 67.4 Å². The van der Waals surface area contributed by atoms with Gasteiger partial charge >= 0.3 is 11.8 Å². The van der Waals surface area contributed by atoms with E-state index >= 15 is 0 Å². The Hall–Kier alpha value is -2.82. The highest BCUT2D eigenvalue weighted by Crippen LogP contribution is 2.17. The summed E-state index contributed by atoms with van der Waals surface area (Å²) in [5, 5.41) is 5.23. The molecule has 0 unspecified atom stereocenters. The second kappa shape index (κ2) is 8.72. The van der Waals surface area contributed by atoms with Crippen molar-refractivity contribution in [3.05, 3.63) is 65.2 Å². The van der Waals surface area contributed by atoms with Crippen LogP contribution in [0, 0.1) is 6.92 Å². The van der Waals surface area contributed by atoms with Gasteiger partial charge in [0.25, 0.3) is 0 Å².